The van der Waals surface area contributed by atoms with Gasteiger partial charge in [0.25, 0.3) is 0 Å². The molecule has 1 atom stereocenters. The van der Waals surface area contributed by atoms with E-state index in [1.807, 2.05) is 17.0 Å². The molecule has 1 saturated heterocycles. The maximum absolute atomic E-state index is 12.2. The zero-order valence-corrected chi connectivity index (χ0v) is 20.5. The highest BCUT2D eigenvalue weighted by Crippen LogP contribution is 2.34. The van der Waals surface area contributed by atoms with Crippen LogP contribution in [0.2, 0.25) is 0 Å². The van der Waals surface area contributed by atoms with E-state index in [2.05, 4.69) is 33.4 Å². The van der Waals surface area contributed by atoms with Crippen molar-refractivity contribution < 1.29 is 19.6 Å². The molecule has 0 aliphatic carbocycles. The van der Waals surface area contributed by atoms with Crippen LogP contribution in [0, 0.1) is 5.41 Å². The predicted octanol–water partition coefficient (Wildman–Crippen LogP) is 2.35. The molecule has 0 unspecified atom stereocenters. The number of benzene rings is 1. The summed E-state index contributed by atoms with van der Waals surface area (Å²) in [5.41, 5.74) is 6.68. The number of methoxy groups -OCH3 is 1. The summed E-state index contributed by atoms with van der Waals surface area (Å²) in [6.07, 6.45) is 5.54. The van der Waals surface area contributed by atoms with Crippen molar-refractivity contribution in [2.24, 2.45) is 0 Å². The number of amides is 1. The van der Waals surface area contributed by atoms with Crippen molar-refractivity contribution in [2.75, 3.05) is 44.9 Å². The molecule has 184 valence electrons. The first-order valence-electron chi connectivity index (χ1n) is 12.4. The molecule has 0 spiro atoms. The lowest BCUT2D eigenvalue weighted by Gasteiger charge is -2.36. The summed E-state index contributed by atoms with van der Waals surface area (Å²) < 4.78 is 10.9. The van der Waals surface area contributed by atoms with Gasteiger partial charge in [-0.1, -0.05) is 6.07 Å². The number of hydrogen-bond donors (Lipinski definition) is 2. The Hall–Kier alpha value is -3.23. The number of nitrogens with zero attached hydrogens (tertiary/aromatic N) is 3. The number of nitrogens with one attached hydrogen (secondary N) is 1. The second-order valence-electron chi connectivity index (χ2n) is 9.52. The van der Waals surface area contributed by atoms with Crippen molar-refractivity contribution >= 4 is 17.4 Å². The number of hydrogen-bond acceptors (Lipinski definition) is 5. The van der Waals surface area contributed by atoms with Gasteiger partial charge in [-0.05, 0) is 47.7 Å². The monoisotopic (exact) mass is 476 g/mol. The standard InChI is InChI=1S/C27H33N5O3/c1-18(33)31-12-8-24(30-22-9-13-35-17-22)23(16-31)27(28)32-11-3-4-21-14-19(5-6-25(21)32)20-7-10-29-26(15-20)34-2/h5-7,10,14-15,22,28,30H,3-4,8-9,11-13,16-17H2,1-2H3/p+1/t22-/m0/s1. The molecule has 8 heteroatoms. The van der Waals surface area contributed by atoms with Crippen LogP contribution < -0.4 is 15.0 Å². The van der Waals surface area contributed by atoms with Crippen LogP contribution >= 0.6 is 0 Å². The Morgan fingerprint density at radius 2 is 2.06 bits per heavy atom. The van der Waals surface area contributed by atoms with E-state index in [4.69, 9.17) is 9.47 Å². The smallest absolute Gasteiger partial charge is 0.219 e. The Morgan fingerprint density at radius 1 is 1.20 bits per heavy atom. The van der Waals surface area contributed by atoms with E-state index in [1.54, 1.807) is 20.2 Å². The Labute approximate surface area is 206 Å². The quantitative estimate of drug-likeness (QED) is 0.510. The van der Waals surface area contributed by atoms with Gasteiger partial charge in [-0.15, -0.1) is 0 Å². The molecule has 1 aromatic heterocycles. The second-order valence-corrected chi connectivity index (χ2v) is 9.52. The Balaban J connectivity index is 1.45. The van der Waals surface area contributed by atoms with E-state index in [-0.39, 0.29) is 5.91 Å². The molecule has 0 radical (unpaired) electrons. The number of anilines is 1. The van der Waals surface area contributed by atoms with Crippen LogP contribution in [0.4, 0.5) is 5.69 Å². The highest BCUT2D eigenvalue weighted by molar-refractivity contribution is 6.09. The molecule has 0 bridgehead atoms. The first-order chi connectivity index (χ1) is 17.0. The largest absolute Gasteiger partial charge is 0.481 e. The summed E-state index contributed by atoms with van der Waals surface area (Å²) in [4.78, 5) is 20.4. The molecular weight excluding hydrogens is 442 g/mol. The molecule has 1 fully saturated rings. The minimum atomic E-state index is 0.0648. The van der Waals surface area contributed by atoms with Crippen LogP contribution in [0.15, 0.2) is 47.8 Å². The number of fused-ring (bicyclic) bond motifs is 1. The van der Waals surface area contributed by atoms with Gasteiger partial charge < -0.3 is 24.6 Å². The van der Waals surface area contributed by atoms with Gasteiger partial charge in [0.1, 0.15) is 17.6 Å². The first-order valence-corrected chi connectivity index (χ1v) is 12.4. The van der Waals surface area contributed by atoms with E-state index in [1.165, 1.54) is 11.3 Å². The molecule has 3 N–H and O–H groups in total. The average molecular weight is 477 g/mol. The number of nitrogens with two attached hydrogens (primary N) is 1. The van der Waals surface area contributed by atoms with Gasteiger partial charge in [-0.25, -0.2) is 4.98 Å². The number of carbonyl (C=O) groups excluding carboxylic acids is 1. The summed E-state index contributed by atoms with van der Waals surface area (Å²) in [5, 5.41) is 11.6. The highest BCUT2D eigenvalue weighted by Gasteiger charge is 2.32. The number of quaternary nitrogens is 1. The van der Waals surface area contributed by atoms with Gasteiger partial charge in [0.15, 0.2) is 0 Å². The average Bonchev–Trinajstić information content (AvgIpc) is 3.41. The number of ether oxygens (including phenoxy) is 2. The number of aromatic nitrogens is 1. The van der Waals surface area contributed by atoms with Crippen molar-refractivity contribution in [3.63, 3.8) is 0 Å². The van der Waals surface area contributed by atoms with Gasteiger partial charge in [-0.2, -0.15) is 0 Å². The van der Waals surface area contributed by atoms with Crippen molar-refractivity contribution in [3.05, 3.63) is 53.4 Å². The van der Waals surface area contributed by atoms with Crippen LogP contribution in [0.1, 0.15) is 31.7 Å². The minimum absolute atomic E-state index is 0.0648. The van der Waals surface area contributed by atoms with Gasteiger partial charge in [-0.3, -0.25) is 10.2 Å². The van der Waals surface area contributed by atoms with E-state index in [0.717, 1.165) is 67.8 Å². The Morgan fingerprint density at radius 3 is 2.83 bits per heavy atom. The fraction of sp³-hybridized carbons (Fsp3) is 0.444. The minimum Gasteiger partial charge on any atom is -0.481 e. The van der Waals surface area contributed by atoms with E-state index < -0.39 is 0 Å². The number of pyridine rings is 1. The Kier molecular flexibility index (Phi) is 6.83. The lowest BCUT2D eigenvalue weighted by molar-refractivity contribution is -0.644. The summed E-state index contributed by atoms with van der Waals surface area (Å²) in [6, 6.07) is 10.8. The summed E-state index contributed by atoms with van der Waals surface area (Å²) in [5.74, 6) is 1.18. The fourth-order valence-corrected chi connectivity index (χ4v) is 5.30. The molecule has 3 aliphatic rings. The van der Waals surface area contributed by atoms with E-state index >= 15 is 0 Å². The first kappa shape index (κ1) is 23.5. The van der Waals surface area contributed by atoms with Crippen LogP contribution in [-0.4, -0.2) is 67.6 Å². The van der Waals surface area contributed by atoms with E-state index in [9.17, 15) is 10.2 Å². The molecule has 1 amide bonds. The van der Waals surface area contributed by atoms with Crippen molar-refractivity contribution in [1.29, 1.82) is 5.41 Å². The van der Waals surface area contributed by atoms with Gasteiger partial charge in [0.2, 0.25) is 11.8 Å². The fourth-order valence-electron chi connectivity index (χ4n) is 5.30. The number of aryl methyl sites for hydroxylation is 1. The maximum Gasteiger partial charge on any atom is 0.219 e. The number of amidine groups is 1. The van der Waals surface area contributed by atoms with Crippen molar-refractivity contribution in [2.45, 2.75) is 38.6 Å². The molecule has 3 aliphatic heterocycles. The van der Waals surface area contributed by atoms with Crippen molar-refractivity contribution in [1.82, 2.24) is 9.88 Å². The van der Waals surface area contributed by atoms with Crippen LogP contribution in [0.5, 0.6) is 5.88 Å². The SMILES string of the molecule is COc1cc(-c2ccc3c(c2)CCCN3C(=N)C2=C([NH2+][C@H]3CCOC3)CCN(C(C)=O)C2)ccn1. The summed E-state index contributed by atoms with van der Waals surface area (Å²) in [6.45, 7) is 5.17. The molecule has 5 rings (SSSR count). The third kappa shape index (κ3) is 4.94. The van der Waals surface area contributed by atoms with Crippen LogP contribution in [-0.2, 0) is 16.0 Å². The summed E-state index contributed by atoms with van der Waals surface area (Å²) >= 11 is 0. The van der Waals surface area contributed by atoms with Crippen LogP contribution in [0.3, 0.4) is 0 Å². The topological polar surface area (TPSA) is 95.4 Å². The zero-order chi connectivity index (χ0) is 24.4. The molecule has 8 nitrogen and oxygen atoms in total. The molecule has 35 heavy (non-hydrogen) atoms. The lowest BCUT2D eigenvalue weighted by atomic mass is 9.95. The maximum atomic E-state index is 12.2. The summed E-state index contributed by atoms with van der Waals surface area (Å²) in [7, 11) is 1.63. The number of rotatable bonds is 5. The normalized spacial score (nSPS) is 20.1. The zero-order valence-electron chi connectivity index (χ0n) is 20.5. The molecule has 0 saturated carbocycles. The lowest BCUT2D eigenvalue weighted by Crippen LogP contribution is -2.89. The molecule has 1 aromatic carbocycles. The highest BCUT2D eigenvalue weighted by atomic mass is 16.5. The molecule has 4 heterocycles. The second kappa shape index (κ2) is 10.2. The molecule has 2 aromatic rings. The predicted molar refractivity (Wildman–Crippen MR) is 135 cm³/mol. The van der Waals surface area contributed by atoms with Gasteiger partial charge in [0.05, 0.1) is 32.4 Å². The number of carbonyl (C=O) groups is 1. The van der Waals surface area contributed by atoms with E-state index in [0.29, 0.717) is 30.8 Å². The Bertz CT molecular complexity index is 1160. The third-order valence-electron chi connectivity index (χ3n) is 7.27. The van der Waals surface area contributed by atoms with Gasteiger partial charge >= 0.3 is 0 Å². The van der Waals surface area contributed by atoms with Crippen molar-refractivity contribution in [3.8, 4) is 17.0 Å². The third-order valence-corrected chi connectivity index (χ3v) is 7.27. The van der Waals surface area contributed by atoms with Gasteiger partial charge in [0, 0.05) is 50.8 Å². The molecular formula is C27H34N5O3+. The van der Waals surface area contributed by atoms with Crippen LogP contribution in [0.25, 0.3) is 11.1 Å².